The highest BCUT2D eigenvalue weighted by Gasteiger charge is 2.32. The van der Waals surface area contributed by atoms with Gasteiger partial charge in [-0.05, 0) is 43.9 Å². The minimum absolute atomic E-state index is 0.00636. The molecular weight excluding hydrogens is 477 g/mol. The van der Waals surface area contributed by atoms with Crippen LogP contribution < -0.4 is 11.1 Å². The Bertz CT molecular complexity index is 1490. The van der Waals surface area contributed by atoms with Gasteiger partial charge in [0, 0.05) is 42.8 Å². The normalized spacial score (nSPS) is 19.5. The van der Waals surface area contributed by atoms with Crippen molar-refractivity contribution >= 4 is 28.7 Å². The first-order chi connectivity index (χ1) is 18.0. The molecule has 6 rings (SSSR count). The number of nitrogens with zero attached hydrogens (tertiary/aromatic N) is 7. The second-order valence-electron chi connectivity index (χ2n) is 9.54. The minimum atomic E-state index is -0.709. The Morgan fingerprint density at radius 3 is 2.76 bits per heavy atom. The molecular formula is C25H26FN9O2. The summed E-state index contributed by atoms with van der Waals surface area (Å²) in [4.78, 5) is 35.9. The summed E-state index contributed by atoms with van der Waals surface area (Å²) in [6, 6.07) is 6.40. The van der Waals surface area contributed by atoms with E-state index in [1.54, 1.807) is 35.3 Å². The molecule has 1 saturated carbocycles. The number of nitrogens with two attached hydrogens (primary N) is 1. The van der Waals surface area contributed by atoms with Crippen LogP contribution in [-0.2, 0) is 17.9 Å². The molecule has 1 fully saturated rings. The Morgan fingerprint density at radius 2 is 1.95 bits per heavy atom. The van der Waals surface area contributed by atoms with Gasteiger partial charge in [-0.1, -0.05) is 6.07 Å². The zero-order chi connectivity index (χ0) is 25.5. The predicted octanol–water partition coefficient (Wildman–Crippen LogP) is 2.26. The summed E-state index contributed by atoms with van der Waals surface area (Å²) < 4.78 is 18.1. The van der Waals surface area contributed by atoms with Gasteiger partial charge in [-0.2, -0.15) is 4.98 Å². The molecule has 3 aromatic heterocycles. The number of primary amides is 1. The van der Waals surface area contributed by atoms with Crippen LogP contribution in [0.3, 0.4) is 0 Å². The van der Waals surface area contributed by atoms with E-state index in [9.17, 15) is 14.0 Å². The maximum atomic E-state index is 14.5. The van der Waals surface area contributed by atoms with Gasteiger partial charge < -0.3 is 25.1 Å². The number of halogens is 1. The largest absolute Gasteiger partial charge is 0.366 e. The van der Waals surface area contributed by atoms with Crippen molar-refractivity contribution in [1.82, 2.24) is 34.2 Å². The molecule has 12 heteroatoms. The van der Waals surface area contributed by atoms with Crippen LogP contribution in [0.15, 0.2) is 43.0 Å². The van der Waals surface area contributed by atoms with Crippen LogP contribution in [0, 0.1) is 11.7 Å². The predicted molar refractivity (Wildman–Crippen MR) is 132 cm³/mol. The van der Waals surface area contributed by atoms with E-state index in [4.69, 9.17) is 5.73 Å². The van der Waals surface area contributed by atoms with Crippen molar-refractivity contribution in [3.8, 4) is 5.82 Å². The van der Waals surface area contributed by atoms with Crippen molar-refractivity contribution in [2.45, 2.75) is 44.8 Å². The Hall–Kier alpha value is -4.35. The third kappa shape index (κ3) is 4.28. The van der Waals surface area contributed by atoms with Gasteiger partial charge in [-0.25, -0.2) is 9.37 Å². The van der Waals surface area contributed by atoms with Gasteiger partial charge in [0.05, 0.1) is 17.6 Å². The molecule has 1 aliphatic heterocycles. The summed E-state index contributed by atoms with van der Waals surface area (Å²) in [6.07, 6.45) is 8.02. The summed E-state index contributed by atoms with van der Waals surface area (Å²) in [5.41, 5.74) is 6.08. The van der Waals surface area contributed by atoms with Crippen LogP contribution in [0.1, 0.15) is 41.9 Å². The van der Waals surface area contributed by atoms with Gasteiger partial charge in [-0.15, -0.1) is 10.2 Å². The van der Waals surface area contributed by atoms with Crippen LogP contribution >= 0.6 is 0 Å². The number of hydrogen-bond donors (Lipinski definition) is 2. The Balaban J connectivity index is 1.13. The van der Waals surface area contributed by atoms with Gasteiger partial charge in [0.25, 0.3) is 5.91 Å². The minimum Gasteiger partial charge on any atom is -0.366 e. The van der Waals surface area contributed by atoms with E-state index in [2.05, 4.69) is 25.5 Å². The number of carbonyl (C=O) groups is 2. The fraction of sp³-hybridized carbons (Fsp3) is 0.360. The molecule has 1 aromatic carbocycles. The number of rotatable bonds is 5. The van der Waals surface area contributed by atoms with Crippen molar-refractivity contribution in [2.24, 2.45) is 11.7 Å². The van der Waals surface area contributed by atoms with Crippen molar-refractivity contribution in [1.29, 1.82) is 0 Å². The molecule has 11 nitrogen and oxygen atoms in total. The summed E-state index contributed by atoms with van der Waals surface area (Å²) in [6.45, 7) is 1.91. The van der Waals surface area contributed by atoms with Crippen molar-refractivity contribution in [2.75, 3.05) is 11.9 Å². The second-order valence-corrected chi connectivity index (χ2v) is 9.54. The summed E-state index contributed by atoms with van der Waals surface area (Å²) in [5, 5.41) is 11.6. The van der Waals surface area contributed by atoms with Gasteiger partial charge in [0.1, 0.15) is 18.0 Å². The third-order valence-electron chi connectivity index (χ3n) is 7.29. The summed E-state index contributed by atoms with van der Waals surface area (Å²) in [5.74, 6) is 0.697. The van der Waals surface area contributed by atoms with E-state index >= 15 is 0 Å². The molecule has 190 valence electrons. The molecule has 0 bridgehead atoms. The topological polar surface area (TPSA) is 137 Å². The number of carbonyl (C=O) groups excluding carboxylic acids is 2. The number of benzene rings is 1. The summed E-state index contributed by atoms with van der Waals surface area (Å²) >= 11 is 0. The van der Waals surface area contributed by atoms with Gasteiger partial charge in [0.2, 0.25) is 11.9 Å². The lowest BCUT2D eigenvalue weighted by Crippen LogP contribution is -2.43. The molecule has 0 atom stereocenters. The van der Waals surface area contributed by atoms with E-state index < -0.39 is 11.7 Å². The van der Waals surface area contributed by atoms with E-state index in [1.807, 2.05) is 9.47 Å². The number of anilines is 1. The monoisotopic (exact) mass is 503 g/mol. The smallest absolute Gasteiger partial charge is 0.250 e. The zero-order valence-electron chi connectivity index (χ0n) is 20.0. The number of amides is 2. The van der Waals surface area contributed by atoms with Crippen LogP contribution in [0.4, 0.5) is 10.3 Å². The Kier molecular flexibility index (Phi) is 5.78. The second kappa shape index (κ2) is 9.26. The van der Waals surface area contributed by atoms with E-state index in [0.717, 1.165) is 38.1 Å². The highest BCUT2D eigenvalue weighted by atomic mass is 19.1. The van der Waals surface area contributed by atoms with Gasteiger partial charge in [0.15, 0.2) is 5.82 Å². The lowest BCUT2D eigenvalue weighted by Gasteiger charge is -2.34. The first kappa shape index (κ1) is 23.1. The van der Waals surface area contributed by atoms with E-state index in [0.29, 0.717) is 30.4 Å². The fourth-order valence-electron chi connectivity index (χ4n) is 5.35. The maximum Gasteiger partial charge on any atom is 0.250 e. The lowest BCUT2D eigenvalue weighted by atomic mass is 9.85. The molecule has 0 unspecified atom stereocenters. The third-order valence-corrected chi connectivity index (χ3v) is 7.29. The van der Waals surface area contributed by atoms with Crippen LogP contribution in [0.2, 0.25) is 0 Å². The summed E-state index contributed by atoms with van der Waals surface area (Å²) in [7, 11) is 0. The standard InChI is InChI=1S/C25H26FN9O2/c26-18-2-1-3-19-22(18)17(23(27)36)12-35(19)20-8-9-28-25(31-20)30-16-6-4-15(5-7-16)24(37)33-10-11-34-14-29-32-21(34)13-33/h1-3,8-9,12,14-16H,4-7,10-11,13H2,(H2,27,36)(H,28,30,31). The molecule has 0 spiro atoms. The quantitative estimate of drug-likeness (QED) is 0.426. The van der Waals surface area contributed by atoms with Crippen molar-refractivity contribution in [3.05, 3.63) is 60.2 Å². The SMILES string of the molecule is NC(=O)c1cn(-c2ccnc(NC3CCC(C(=O)N4CCn5cnnc5C4)CC3)n2)c2cccc(F)c12. The average Bonchev–Trinajstić information content (AvgIpc) is 3.54. The Labute approximate surface area is 211 Å². The van der Waals surface area contributed by atoms with Gasteiger partial charge in [-0.3, -0.25) is 9.59 Å². The molecule has 4 heterocycles. The molecule has 0 saturated heterocycles. The lowest BCUT2D eigenvalue weighted by molar-refractivity contribution is -0.138. The molecule has 2 amide bonds. The average molecular weight is 504 g/mol. The number of nitrogens with one attached hydrogen (secondary N) is 1. The molecule has 0 radical (unpaired) electrons. The fourth-order valence-corrected chi connectivity index (χ4v) is 5.35. The first-order valence-electron chi connectivity index (χ1n) is 12.3. The molecule has 2 aliphatic rings. The number of aromatic nitrogens is 6. The highest BCUT2D eigenvalue weighted by molar-refractivity contribution is 6.06. The first-order valence-corrected chi connectivity index (χ1v) is 12.3. The molecule has 3 N–H and O–H groups in total. The van der Waals surface area contributed by atoms with Crippen LogP contribution in [-0.4, -0.2) is 58.6 Å². The molecule has 4 aromatic rings. The maximum absolute atomic E-state index is 14.5. The number of fused-ring (bicyclic) bond motifs is 2. The van der Waals surface area contributed by atoms with Crippen LogP contribution in [0.25, 0.3) is 16.7 Å². The number of hydrogen-bond acceptors (Lipinski definition) is 7. The van der Waals surface area contributed by atoms with Crippen LogP contribution in [0.5, 0.6) is 0 Å². The van der Waals surface area contributed by atoms with Crippen molar-refractivity contribution in [3.63, 3.8) is 0 Å². The molecule has 1 aliphatic carbocycles. The molecule has 37 heavy (non-hydrogen) atoms. The highest BCUT2D eigenvalue weighted by Crippen LogP contribution is 2.30. The van der Waals surface area contributed by atoms with E-state index in [-0.39, 0.29) is 28.8 Å². The van der Waals surface area contributed by atoms with E-state index in [1.165, 1.54) is 12.3 Å². The van der Waals surface area contributed by atoms with Gasteiger partial charge >= 0.3 is 0 Å². The zero-order valence-corrected chi connectivity index (χ0v) is 20.0. The van der Waals surface area contributed by atoms with Crippen molar-refractivity contribution < 1.29 is 14.0 Å². The Morgan fingerprint density at radius 1 is 1.11 bits per heavy atom.